The largest absolute Gasteiger partial charge is 0.467 e. The van der Waals surface area contributed by atoms with E-state index >= 15 is 0 Å². The molecule has 4 rings (SSSR count). The minimum absolute atomic E-state index is 0.0671. The Bertz CT molecular complexity index is 1260. The number of hydrogen-bond acceptors (Lipinski definition) is 5. The van der Waals surface area contributed by atoms with Crippen LogP contribution in [0.5, 0.6) is 0 Å². The van der Waals surface area contributed by atoms with E-state index in [0.717, 1.165) is 17.8 Å². The molecule has 2 aliphatic rings. The maximum Gasteiger partial charge on any atom is 0.328 e. The van der Waals surface area contributed by atoms with E-state index in [1.54, 1.807) is 12.1 Å². The van der Waals surface area contributed by atoms with E-state index in [2.05, 4.69) is 10.3 Å². The molecule has 0 spiro atoms. The van der Waals surface area contributed by atoms with Crippen LogP contribution in [0, 0.1) is 5.82 Å². The predicted octanol–water partition coefficient (Wildman–Crippen LogP) is 5.52. The van der Waals surface area contributed by atoms with Crippen LogP contribution in [0.15, 0.2) is 42.7 Å². The number of urea groups is 1. The van der Waals surface area contributed by atoms with Crippen molar-refractivity contribution in [2.24, 2.45) is 0 Å². The summed E-state index contributed by atoms with van der Waals surface area (Å²) in [5.41, 5.74) is 1.24. The molecule has 1 aromatic heterocycles. The zero-order chi connectivity index (χ0) is 29.9. The van der Waals surface area contributed by atoms with Crippen LogP contribution in [0.1, 0.15) is 76.5 Å². The fourth-order valence-corrected chi connectivity index (χ4v) is 5.47. The predicted molar refractivity (Wildman–Crippen MR) is 147 cm³/mol. The number of anilines is 1. The van der Waals surface area contributed by atoms with E-state index in [9.17, 15) is 27.6 Å². The first-order valence-electron chi connectivity index (χ1n) is 13.9. The van der Waals surface area contributed by atoms with Crippen LogP contribution in [0.25, 0.3) is 0 Å². The molecule has 1 aliphatic carbocycles. The van der Waals surface area contributed by atoms with Crippen molar-refractivity contribution in [3.05, 3.63) is 59.7 Å². The molecule has 0 radical (unpaired) electrons. The molecule has 1 aliphatic heterocycles. The Morgan fingerprint density at radius 2 is 1.76 bits per heavy atom. The van der Waals surface area contributed by atoms with Crippen molar-refractivity contribution < 1.29 is 32.3 Å². The molecule has 41 heavy (non-hydrogen) atoms. The number of rotatable bonds is 6. The third-order valence-corrected chi connectivity index (χ3v) is 7.80. The number of halogens is 3. The smallest absolute Gasteiger partial charge is 0.328 e. The van der Waals surface area contributed by atoms with Crippen LogP contribution in [0.4, 0.5) is 23.7 Å². The number of carbonyl (C=O) groups excluding carboxylic acids is 3. The van der Waals surface area contributed by atoms with Gasteiger partial charge in [-0.25, -0.2) is 22.8 Å². The zero-order valence-electron chi connectivity index (χ0n) is 23.8. The van der Waals surface area contributed by atoms with Gasteiger partial charge in [-0.05, 0) is 54.9 Å². The average Bonchev–Trinajstić information content (AvgIpc) is 3.42. The van der Waals surface area contributed by atoms with Crippen LogP contribution >= 0.6 is 0 Å². The minimum Gasteiger partial charge on any atom is -0.467 e. The topological polar surface area (TPSA) is 91.8 Å². The van der Waals surface area contributed by atoms with E-state index < -0.39 is 47.8 Å². The second-order valence-corrected chi connectivity index (χ2v) is 11.8. The molecule has 2 fully saturated rings. The molecule has 2 atom stereocenters. The molecule has 1 N–H and O–H groups in total. The molecule has 1 saturated heterocycles. The monoisotopic (exact) mass is 574 g/mol. The second kappa shape index (κ2) is 12.1. The number of nitrogens with zero attached hydrogens (tertiary/aromatic N) is 3. The minimum atomic E-state index is -2.79. The molecule has 2 heterocycles. The summed E-state index contributed by atoms with van der Waals surface area (Å²) in [5.74, 6) is -4.73. The third kappa shape index (κ3) is 7.00. The molecular weight excluding hydrogens is 537 g/mol. The van der Waals surface area contributed by atoms with Gasteiger partial charge in [0.15, 0.2) is 0 Å². The number of ether oxygens (including phenoxy) is 1. The van der Waals surface area contributed by atoms with Crippen molar-refractivity contribution in [3.63, 3.8) is 0 Å². The van der Waals surface area contributed by atoms with Crippen molar-refractivity contribution in [1.29, 1.82) is 0 Å². The van der Waals surface area contributed by atoms with Gasteiger partial charge in [0.2, 0.25) is 11.8 Å². The lowest BCUT2D eigenvalue weighted by Crippen LogP contribution is -2.54. The van der Waals surface area contributed by atoms with Crippen molar-refractivity contribution in [3.8, 4) is 0 Å². The van der Waals surface area contributed by atoms with Crippen LogP contribution in [-0.2, 0) is 19.7 Å². The summed E-state index contributed by atoms with van der Waals surface area (Å²) in [5, 5.41) is 2.82. The molecule has 11 heteroatoms. The first-order valence-corrected chi connectivity index (χ1v) is 13.9. The quantitative estimate of drug-likeness (QED) is 0.459. The Kier molecular flexibility index (Phi) is 8.94. The van der Waals surface area contributed by atoms with Gasteiger partial charge >= 0.3 is 12.0 Å². The van der Waals surface area contributed by atoms with E-state index in [1.165, 1.54) is 23.1 Å². The van der Waals surface area contributed by atoms with Gasteiger partial charge in [0.1, 0.15) is 17.9 Å². The number of hydrogen-bond donors (Lipinski definition) is 1. The lowest BCUT2D eigenvalue weighted by Gasteiger charge is -2.37. The Morgan fingerprint density at radius 1 is 1.10 bits per heavy atom. The number of aromatic nitrogens is 1. The highest BCUT2D eigenvalue weighted by molar-refractivity contribution is 6.02. The van der Waals surface area contributed by atoms with Crippen molar-refractivity contribution >= 4 is 23.6 Å². The molecular formula is C30H37F3N4O4. The van der Waals surface area contributed by atoms with Crippen LogP contribution in [0.2, 0.25) is 0 Å². The number of nitrogens with one attached hydrogen (secondary N) is 1. The molecule has 1 aromatic carbocycles. The number of benzene rings is 1. The summed E-state index contributed by atoms with van der Waals surface area (Å²) in [4.78, 5) is 47.3. The van der Waals surface area contributed by atoms with Gasteiger partial charge in [-0.1, -0.05) is 32.9 Å². The van der Waals surface area contributed by atoms with Crippen LogP contribution in [0.3, 0.4) is 0 Å². The number of likely N-dealkylation sites (tertiary alicyclic amines) is 1. The molecule has 1 unspecified atom stereocenters. The van der Waals surface area contributed by atoms with E-state index in [1.807, 2.05) is 32.9 Å². The fourth-order valence-electron chi connectivity index (χ4n) is 5.47. The lowest BCUT2D eigenvalue weighted by molar-refractivity contribution is -0.144. The summed E-state index contributed by atoms with van der Waals surface area (Å²) in [7, 11) is 1.24. The van der Waals surface area contributed by atoms with Crippen molar-refractivity contribution in [1.82, 2.24) is 15.2 Å². The average molecular weight is 575 g/mol. The zero-order valence-corrected chi connectivity index (χ0v) is 23.8. The molecule has 222 valence electrons. The number of esters is 1. The summed E-state index contributed by atoms with van der Waals surface area (Å²) in [6.07, 6.45) is 2.63. The van der Waals surface area contributed by atoms with Gasteiger partial charge in [0.25, 0.3) is 0 Å². The maximum atomic E-state index is 14.4. The number of methoxy groups -OCH3 is 1. The van der Waals surface area contributed by atoms with Gasteiger partial charge in [-0.3, -0.25) is 14.7 Å². The SMILES string of the molecule is COC(=O)[C@H]1CCCN1C(=O)N(c1ccc(C(C)(C)C)cc1)C(C(=O)NC1CCC(F)(F)CC1)c1cncc(F)c1. The normalized spacial score (nSPS) is 19.9. The van der Waals surface area contributed by atoms with Crippen molar-refractivity contribution in [2.75, 3.05) is 18.6 Å². The summed E-state index contributed by atoms with van der Waals surface area (Å²) in [6, 6.07) is 4.80. The van der Waals surface area contributed by atoms with Gasteiger partial charge in [-0.15, -0.1) is 0 Å². The summed E-state index contributed by atoms with van der Waals surface area (Å²) in [6.45, 7) is 6.37. The lowest BCUT2D eigenvalue weighted by atomic mass is 9.87. The molecule has 0 bridgehead atoms. The highest BCUT2D eigenvalue weighted by Gasteiger charge is 2.43. The first kappa shape index (κ1) is 30.3. The molecule has 1 saturated carbocycles. The fraction of sp³-hybridized carbons (Fsp3) is 0.533. The van der Waals surface area contributed by atoms with Gasteiger partial charge < -0.3 is 15.0 Å². The Hall–Kier alpha value is -3.63. The van der Waals surface area contributed by atoms with Gasteiger partial charge in [-0.2, -0.15) is 0 Å². The number of amides is 3. The highest BCUT2D eigenvalue weighted by atomic mass is 19.3. The highest BCUT2D eigenvalue weighted by Crippen LogP contribution is 2.36. The third-order valence-electron chi connectivity index (χ3n) is 7.80. The summed E-state index contributed by atoms with van der Waals surface area (Å²) < 4.78 is 47.0. The maximum absolute atomic E-state index is 14.4. The number of pyridine rings is 1. The first-order chi connectivity index (χ1) is 19.3. The van der Waals surface area contributed by atoms with E-state index in [4.69, 9.17) is 4.74 Å². The van der Waals surface area contributed by atoms with Crippen LogP contribution in [-0.4, -0.2) is 59.5 Å². The Balaban J connectivity index is 1.79. The molecule has 2 aromatic rings. The second-order valence-electron chi connectivity index (χ2n) is 11.8. The Labute approximate surface area is 238 Å². The van der Waals surface area contributed by atoms with Crippen molar-refractivity contribution in [2.45, 2.75) is 88.8 Å². The summed E-state index contributed by atoms with van der Waals surface area (Å²) >= 11 is 0. The Morgan fingerprint density at radius 3 is 2.34 bits per heavy atom. The van der Waals surface area contributed by atoms with Crippen LogP contribution < -0.4 is 10.2 Å². The molecule has 8 nitrogen and oxygen atoms in total. The standard InChI is InChI=1S/C30H37F3N4O4/c1-29(2,3)20-7-9-23(10-8-20)37(28(40)36-15-5-6-24(36)27(39)41-4)25(19-16-21(31)18-34-17-19)26(38)35-22-11-13-30(32,33)14-12-22/h7-10,16-18,22,24-25H,5-6,11-15H2,1-4H3,(H,35,38)/t24-,25?/m1/s1. The molecule has 3 amide bonds. The van der Waals surface area contributed by atoms with E-state index in [-0.39, 0.29) is 43.2 Å². The van der Waals surface area contributed by atoms with Gasteiger partial charge in [0, 0.05) is 42.9 Å². The van der Waals surface area contributed by atoms with Gasteiger partial charge in [0.05, 0.1) is 13.3 Å². The number of carbonyl (C=O) groups is 3. The van der Waals surface area contributed by atoms with E-state index in [0.29, 0.717) is 18.5 Å². The number of alkyl halides is 2.